The number of hydrogen-bond acceptors (Lipinski definition) is 6. The molecule has 28 heavy (non-hydrogen) atoms. The molecule has 3 aromatic rings. The Labute approximate surface area is 161 Å². The molecule has 0 aromatic carbocycles. The summed E-state index contributed by atoms with van der Waals surface area (Å²) in [6.07, 6.45) is 6.33. The van der Waals surface area contributed by atoms with Gasteiger partial charge in [-0.3, -0.25) is 24.1 Å². The summed E-state index contributed by atoms with van der Waals surface area (Å²) in [5.41, 5.74) is 6.02. The third kappa shape index (κ3) is 2.54. The number of hydrogen-bond donors (Lipinski definition) is 0. The normalized spacial score (nSPS) is 16.0. The van der Waals surface area contributed by atoms with Crippen LogP contribution in [0.1, 0.15) is 39.6 Å². The number of fused-ring (bicyclic) bond motifs is 6. The molecule has 2 aliphatic heterocycles. The van der Waals surface area contributed by atoms with E-state index in [2.05, 4.69) is 20.2 Å². The van der Waals surface area contributed by atoms with Gasteiger partial charge in [0.05, 0.1) is 41.1 Å². The zero-order valence-electron chi connectivity index (χ0n) is 16.0. The molecule has 0 unspecified atom stereocenters. The van der Waals surface area contributed by atoms with Crippen molar-refractivity contribution in [3.8, 4) is 11.3 Å². The Morgan fingerprint density at radius 3 is 2.75 bits per heavy atom. The van der Waals surface area contributed by atoms with Gasteiger partial charge in [0, 0.05) is 45.1 Å². The van der Waals surface area contributed by atoms with Crippen molar-refractivity contribution in [1.29, 1.82) is 0 Å². The molecule has 3 aromatic heterocycles. The number of aliphatic imine (C=N–C) groups is 1. The SMILES string of the molecule is Cc1nn2cc1C1=NCc3ncc(nc31)-c1cn(C)nc1C(=O)N(C)CCC2. The fraction of sp³-hybridized carbons (Fsp3) is 0.368. The number of aryl methyl sites for hydroxylation is 3. The van der Waals surface area contributed by atoms with Gasteiger partial charge >= 0.3 is 0 Å². The summed E-state index contributed by atoms with van der Waals surface area (Å²) < 4.78 is 3.56. The molecule has 0 saturated carbocycles. The van der Waals surface area contributed by atoms with Crippen molar-refractivity contribution in [2.24, 2.45) is 12.0 Å². The van der Waals surface area contributed by atoms with Crippen molar-refractivity contribution < 1.29 is 4.79 Å². The van der Waals surface area contributed by atoms with E-state index in [4.69, 9.17) is 4.98 Å². The predicted molar refractivity (Wildman–Crippen MR) is 102 cm³/mol. The minimum absolute atomic E-state index is 0.124. The Hall–Kier alpha value is -3.36. The van der Waals surface area contributed by atoms with Crippen LogP contribution in [0.25, 0.3) is 11.3 Å². The first-order valence-corrected chi connectivity index (χ1v) is 9.26. The zero-order chi connectivity index (χ0) is 19.4. The third-order valence-electron chi connectivity index (χ3n) is 5.20. The molecule has 4 bridgehead atoms. The molecule has 5 rings (SSSR count). The maximum Gasteiger partial charge on any atom is 0.274 e. The summed E-state index contributed by atoms with van der Waals surface area (Å²) in [5, 5.41) is 9.02. The number of amides is 1. The molecule has 0 aliphatic carbocycles. The molecule has 142 valence electrons. The van der Waals surface area contributed by atoms with E-state index in [1.807, 2.05) is 24.0 Å². The summed E-state index contributed by atoms with van der Waals surface area (Å²) in [5.74, 6) is -0.124. The molecule has 0 radical (unpaired) electrons. The first-order chi connectivity index (χ1) is 13.5. The van der Waals surface area contributed by atoms with Gasteiger partial charge < -0.3 is 4.90 Å². The predicted octanol–water partition coefficient (Wildman–Crippen LogP) is 1.21. The highest BCUT2D eigenvalue weighted by Crippen LogP contribution is 2.27. The molecule has 0 N–H and O–H groups in total. The molecule has 0 fully saturated rings. The van der Waals surface area contributed by atoms with Gasteiger partial charge in [-0.2, -0.15) is 10.2 Å². The second kappa shape index (κ2) is 6.08. The highest BCUT2D eigenvalue weighted by Gasteiger charge is 2.27. The lowest BCUT2D eigenvalue weighted by atomic mass is 10.1. The number of nitrogens with zero attached hydrogens (tertiary/aromatic N) is 8. The van der Waals surface area contributed by atoms with E-state index in [0.717, 1.165) is 41.3 Å². The number of carbonyl (C=O) groups is 1. The molecule has 0 saturated heterocycles. The average molecular weight is 376 g/mol. The van der Waals surface area contributed by atoms with Gasteiger partial charge in [0.1, 0.15) is 5.69 Å². The average Bonchev–Trinajstić information content (AvgIpc) is 3.36. The lowest BCUT2D eigenvalue weighted by Gasteiger charge is -2.17. The fourth-order valence-corrected chi connectivity index (χ4v) is 3.74. The standard InChI is InChI=1S/C19H20N8O/c1-11-12-10-27(23-11)6-4-5-25(2)19(28)17-13(9-26(3)24-17)14-7-20-15-8-21-16(12)18(15)22-14/h7,9-10H,4-6,8H2,1-3H3. The van der Waals surface area contributed by atoms with Crippen molar-refractivity contribution in [3.05, 3.63) is 46.9 Å². The maximum atomic E-state index is 13.0. The molecule has 0 spiro atoms. The Kier molecular flexibility index (Phi) is 3.65. The number of aromatic nitrogens is 6. The summed E-state index contributed by atoms with van der Waals surface area (Å²) in [7, 11) is 3.60. The minimum Gasteiger partial charge on any atom is -0.340 e. The maximum absolute atomic E-state index is 13.0. The van der Waals surface area contributed by atoms with Gasteiger partial charge in [-0.1, -0.05) is 0 Å². The summed E-state index contributed by atoms with van der Waals surface area (Å²) in [6, 6.07) is 0. The van der Waals surface area contributed by atoms with Gasteiger partial charge in [-0.05, 0) is 13.3 Å². The van der Waals surface area contributed by atoms with Crippen molar-refractivity contribution in [2.45, 2.75) is 26.4 Å². The van der Waals surface area contributed by atoms with Crippen LogP contribution in [0.15, 0.2) is 23.6 Å². The van der Waals surface area contributed by atoms with Crippen LogP contribution < -0.4 is 0 Å². The van der Waals surface area contributed by atoms with Crippen LogP contribution in [-0.2, 0) is 20.1 Å². The summed E-state index contributed by atoms with van der Waals surface area (Å²) >= 11 is 0. The Morgan fingerprint density at radius 2 is 1.89 bits per heavy atom. The van der Waals surface area contributed by atoms with Crippen molar-refractivity contribution >= 4 is 11.6 Å². The van der Waals surface area contributed by atoms with E-state index in [-0.39, 0.29) is 5.91 Å². The van der Waals surface area contributed by atoms with Crippen LogP contribution in [0.4, 0.5) is 0 Å². The molecule has 0 atom stereocenters. The second-order valence-electron chi connectivity index (χ2n) is 7.25. The largest absolute Gasteiger partial charge is 0.340 e. The highest BCUT2D eigenvalue weighted by molar-refractivity contribution is 6.14. The van der Waals surface area contributed by atoms with E-state index in [1.54, 1.807) is 29.9 Å². The Morgan fingerprint density at radius 1 is 1.04 bits per heavy atom. The quantitative estimate of drug-likeness (QED) is 0.588. The lowest BCUT2D eigenvalue weighted by Crippen LogP contribution is -2.29. The molecule has 9 heteroatoms. The molecule has 2 aliphatic rings. The van der Waals surface area contributed by atoms with Gasteiger partial charge in [0.25, 0.3) is 5.91 Å². The van der Waals surface area contributed by atoms with Gasteiger partial charge in [0.2, 0.25) is 0 Å². The Bertz CT molecular complexity index is 1140. The van der Waals surface area contributed by atoms with Crippen LogP contribution in [0, 0.1) is 6.92 Å². The summed E-state index contributed by atoms with van der Waals surface area (Å²) in [4.78, 5) is 28.8. The Balaban J connectivity index is 1.72. The third-order valence-corrected chi connectivity index (χ3v) is 5.20. The van der Waals surface area contributed by atoms with Crippen LogP contribution in [0.2, 0.25) is 0 Å². The first kappa shape index (κ1) is 16.8. The monoisotopic (exact) mass is 376 g/mol. The van der Waals surface area contributed by atoms with Crippen molar-refractivity contribution in [1.82, 2.24) is 34.4 Å². The van der Waals surface area contributed by atoms with Gasteiger partial charge in [-0.15, -0.1) is 0 Å². The molecular formula is C19H20N8O. The molecule has 5 heterocycles. The van der Waals surface area contributed by atoms with Crippen molar-refractivity contribution in [3.63, 3.8) is 0 Å². The van der Waals surface area contributed by atoms with E-state index in [9.17, 15) is 4.79 Å². The van der Waals surface area contributed by atoms with Crippen LogP contribution >= 0.6 is 0 Å². The molecule has 1 amide bonds. The smallest absolute Gasteiger partial charge is 0.274 e. The minimum atomic E-state index is -0.124. The lowest BCUT2D eigenvalue weighted by molar-refractivity contribution is 0.0785. The van der Waals surface area contributed by atoms with E-state index in [1.165, 1.54) is 0 Å². The van der Waals surface area contributed by atoms with Gasteiger partial charge in [0.15, 0.2) is 5.69 Å². The molecular weight excluding hydrogens is 356 g/mol. The zero-order valence-corrected chi connectivity index (χ0v) is 16.0. The summed E-state index contributed by atoms with van der Waals surface area (Å²) in [6.45, 7) is 3.82. The van der Waals surface area contributed by atoms with Crippen LogP contribution in [0.5, 0.6) is 0 Å². The number of rotatable bonds is 0. The fourth-order valence-electron chi connectivity index (χ4n) is 3.74. The van der Waals surface area contributed by atoms with Crippen LogP contribution in [-0.4, -0.2) is 59.6 Å². The second-order valence-corrected chi connectivity index (χ2v) is 7.25. The highest BCUT2D eigenvalue weighted by atomic mass is 16.2. The topological polar surface area (TPSA) is 94.1 Å². The van der Waals surface area contributed by atoms with E-state index >= 15 is 0 Å². The van der Waals surface area contributed by atoms with E-state index < -0.39 is 0 Å². The van der Waals surface area contributed by atoms with E-state index in [0.29, 0.717) is 30.0 Å². The van der Waals surface area contributed by atoms with Gasteiger partial charge in [-0.25, -0.2) is 4.98 Å². The molecule has 9 nitrogen and oxygen atoms in total. The van der Waals surface area contributed by atoms with Crippen molar-refractivity contribution in [2.75, 3.05) is 13.6 Å². The number of carbonyl (C=O) groups excluding carboxylic acids is 1. The first-order valence-electron chi connectivity index (χ1n) is 9.26. The van der Waals surface area contributed by atoms with Crippen LogP contribution in [0.3, 0.4) is 0 Å².